The van der Waals surface area contributed by atoms with Gasteiger partial charge >= 0.3 is 0 Å². The van der Waals surface area contributed by atoms with Gasteiger partial charge in [0.25, 0.3) is 0 Å². The van der Waals surface area contributed by atoms with Gasteiger partial charge in [0.2, 0.25) is 10.0 Å². The lowest BCUT2D eigenvalue weighted by Crippen LogP contribution is -2.41. The highest BCUT2D eigenvalue weighted by atomic mass is 35.5. The maximum atomic E-state index is 12.5. The molecule has 0 amide bonds. The highest BCUT2D eigenvalue weighted by Gasteiger charge is 2.33. The standard InChI is InChI=1S/C12H14Cl3NO2S/c1-16(8-3-2-4-8)19(17,18)11-6-5-10(14)9(7-13)12(11)15/h5-6,8H,2-4,7H2,1H3. The molecule has 0 unspecified atom stereocenters. The largest absolute Gasteiger partial charge is 0.244 e. The molecule has 106 valence electrons. The fourth-order valence-electron chi connectivity index (χ4n) is 2.00. The lowest BCUT2D eigenvalue weighted by Gasteiger charge is -2.34. The van der Waals surface area contributed by atoms with Crippen LogP contribution in [-0.2, 0) is 15.9 Å². The van der Waals surface area contributed by atoms with Crippen LogP contribution in [0.2, 0.25) is 10.0 Å². The summed E-state index contributed by atoms with van der Waals surface area (Å²) in [5.41, 5.74) is 0.452. The summed E-state index contributed by atoms with van der Waals surface area (Å²) >= 11 is 17.9. The molecule has 1 aliphatic rings. The van der Waals surface area contributed by atoms with E-state index in [0.717, 1.165) is 19.3 Å². The van der Waals surface area contributed by atoms with Gasteiger partial charge in [-0.2, -0.15) is 4.31 Å². The van der Waals surface area contributed by atoms with Crippen molar-refractivity contribution in [2.45, 2.75) is 36.1 Å². The molecule has 0 spiro atoms. The topological polar surface area (TPSA) is 37.4 Å². The van der Waals surface area contributed by atoms with Crippen molar-refractivity contribution in [3.8, 4) is 0 Å². The van der Waals surface area contributed by atoms with E-state index in [9.17, 15) is 8.42 Å². The van der Waals surface area contributed by atoms with Gasteiger partial charge in [-0.15, -0.1) is 11.6 Å². The molecule has 0 radical (unpaired) electrons. The van der Waals surface area contributed by atoms with E-state index < -0.39 is 10.0 Å². The Kier molecular flexibility index (Phi) is 4.68. The van der Waals surface area contributed by atoms with E-state index in [1.54, 1.807) is 7.05 Å². The minimum atomic E-state index is -3.59. The number of sulfonamides is 1. The zero-order valence-corrected chi connectivity index (χ0v) is 13.5. The van der Waals surface area contributed by atoms with Gasteiger partial charge < -0.3 is 0 Å². The van der Waals surface area contributed by atoms with Gasteiger partial charge in [0.1, 0.15) is 4.90 Å². The fourth-order valence-corrected chi connectivity index (χ4v) is 4.71. The number of hydrogen-bond acceptors (Lipinski definition) is 2. The molecule has 1 fully saturated rings. The molecule has 2 rings (SSSR count). The van der Waals surface area contributed by atoms with Crippen molar-refractivity contribution in [2.24, 2.45) is 0 Å². The molecule has 3 nitrogen and oxygen atoms in total. The third kappa shape index (κ3) is 2.74. The van der Waals surface area contributed by atoms with Crippen molar-refractivity contribution in [1.82, 2.24) is 4.31 Å². The number of halogens is 3. The summed E-state index contributed by atoms with van der Waals surface area (Å²) in [5, 5.41) is 0.499. The Balaban J connectivity index is 2.46. The van der Waals surface area contributed by atoms with Gasteiger partial charge in [-0.25, -0.2) is 8.42 Å². The van der Waals surface area contributed by atoms with E-state index >= 15 is 0 Å². The van der Waals surface area contributed by atoms with Crippen LogP contribution in [0.4, 0.5) is 0 Å². The fraction of sp³-hybridized carbons (Fsp3) is 0.500. The van der Waals surface area contributed by atoms with Crippen LogP contribution in [0, 0.1) is 0 Å². The lowest BCUT2D eigenvalue weighted by molar-refractivity contribution is 0.249. The van der Waals surface area contributed by atoms with Gasteiger partial charge in [-0.05, 0) is 25.0 Å². The number of hydrogen-bond donors (Lipinski definition) is 0. The average molecular weight is 343 g/mol. The Morgan fingerprint density at radius 2 is 1.95 bits per heavy atom. The van der Waals surface area contributed by atoms with E-state index in [1.807, 2.05) is 0 Å². The zero-order chi connectivity index (χ0) is 14.2. The number of alkyl halides is 1. The third-order valence-corrected chi connectivity index (χ3v) is 6.65. The monoisotopic (exact) mass is 341 g/mol. The Labute approximate surface area is 128 Å². The molecule has 19 heavy (non-hydrogen) atoms. The van der Waals surface area contributed by atoms with Crippen LogP contribution in [0.1, 0.15) is 24.8 Å². The third-order valence-electron chi connectivity index (χ3n) is 3.53. The summed E-state index contributed by atoms with van der Waals surface area (Å²) in [6, 6.07) is 3.02. The van der Waals surface area contributed by atoms with Crippen LogP contribution < -0.4 is 0 Å². The van der Waals surface area contributed by atoms with E-state index in [-0.39, 0.29) is 21.8 Å². The van der Waals surface area contributed by atoms with E-state index in [2.05, 4.69) is 0 Å². The molecule has 0 aromatic heterocycles. The van der Waals surface area contributed by atoms with Gasteiger partial charge in [0, 0.05) is 23.7 Å². The summed E-state index contributed by atoms with van der Waals surface area (Å²) in [5.74, 6) is 0.0775. The molecule has 0 N–H and O–H groups in total. The Bertz CT molecular complexity index is 585. The number of benzene rings is 1. The second-order valence-electron chi connectivity index (χ2n) is 4.58. The van der Waals surface area contributed by atoms with E-state index in [4.69, 9.17) is 34.8 Å². The van der Waals surface area contributed by atoms with Crippen molar-refractivity contribution in [3.63, 3.8) is 0 Å². The molecular weight excluding hydrogens is 329 g/mol. The van der Waals surface area contributed by atoms with Crippen LogP contribution in [0.15, 0.2) is 17.0 Å². The van der Waals surface area contributed by atoms with Crippen LogP contribution in [0.25, 0.3) is 0 Å². The molecule has 1 aromatic rings. The molecule has 0 heterocycles. The predicted molar refractivity (Wildman–Crippen MR) is 78.6 cm³/mol. The van der Waals surface area contributed by atoms with Crippen molar-refractivity contribution in [3.05, 3.63) is 27.7 Å². The molecule has 1 aliphatic carbocycles. The minimum absolute atomic E-state index is 0.0659. The van der Waals surface area contributed by atoms with Gasteiger partial charge in [-0.1, -0.05) is 29.6 Å². The Morgan fingerprint density at radius 3 is 2.42 bits per heavy atom. The first-order chi connectivity index (χ1) is 8.89. The molecule has 7 heteroatoms. The number of rotatable bonds is 4. The predicted octanol–water partition coefficient (Wildman–Crippen LogP) is 3.91. The van der Waals surface area contributed by atoms with Crippen molar-refractivity contribution >= 4 is 44.8 Å². The van der Waals surface area contributed by atoms with Crippen LogP contribution in [-0.4, -0.2) is 25.8 Å². The Hall–Kier alpha value is -0.000000000000000167. The second kappa shape index (κ2) is 5.78. The molecule has 1 aromatic carbocycles. The van der Waals surface area contributed by atoms with Crippen LogP contribution in [0.5, 0.6) is 0 Å². The SMILES string of the molecule is CN(C1CCC1)S(=O)(=O)c1ccc(Cl)c(CCl)c1Cl. The van der Waals surface area contributed by atoms with Crippen molar-refractivity contribution in [2.75, 3.05) is 7.05 Å². The molecule has 0 atom stereocenters. The van der Waals surface area contributed by atoms with Gasteiger partial charge in [0.05, 0.1) is 10.9 Å². The summed E-state index contributed by atoms with van der Waals surface area (Å²) in [6.45, 7) is 0. The first-order valence-corrected chi connectivity index (χ1v) is 8.63. The molecule has 0 saturated heterocycles. The highest BCUT2D eigenvalue weighted by molar-refractivity contribution is 7.89. The maximum absolute atomic E-state index is 12.5. The molecular formula is C12H14Cl3NO2S. The number of nitrogens with zero attached hydrogens (tertiary/aromatic N) is 1. The highest BCUT2D eigenvalue weighted by Crippen LogP contribution is 2.35. The first kappa shape index (κ1) is 15.4. The molecule has 0 aliphatic heterocycles. The van der Waals surface area contributed by atoms with E-state index in [1.165, 1.54) is 16.4 Å². The Morgan fingerprint density at radius 1 is 1.32 bits per heavy atom. The van der Waals surface area contributed by atoms with Crippen LogP contribution in [0.3, 0.4) is 0 Å². The summed E-state index contributed by atoms with van der Waals surface area (Å²) < 4.78 is 26.4. The first-order valence-electron chi connectivity index (χ1n) is 5.90. The zero-order valence-electron chi connectivity index (χ0n) is 10.4. The van der Waals surface area contributed by atoms with Gasteiger partial charge in [-0.3, -0.25) is 0 Å². The normalized spacial score (nSPS) is 16.7. The summed E-state index contributed by atoms with van der Waals surface area (Å²) in [7, 11) is -2.01. The second-order valence-corrected chi connectivity index (χ2v) is 7.60. The van der Waals surface area contributed by atoms with Crippen molar-refractivity contribution in [1.29, 1.82) is 0 Å². The lowest BCUT2D eigenvalue weighted by atomic mass is 9.94. The smallest absolute Gasteiger partial charge is 0.207 e. The minimum Gasteiger partial charge on any atom is -0.207 e. The van der Waals surface area contributed by atoms with E-state index in [0.29, 0.717) is 10.6 Å². The summed E-state index contributed by atoms with van der Waals surface area (Å²) in [4.78, 5) is 0.0728. The average Bonchev–Trinajstić information content (AvgIpc) is 2.26. The van der Waals surface area contributed by atoms with Crippen molar-refractivity contribution < 1.29 is 8.42 Å². The maximum Gasteiger partial charge on any atom is 0.244 e. The molecule has 1 saturated carbocycles. The van der Waals surface area contributed by atoms with Gasteiger partial charge in [0.15, 0.2) is 0 Å². The van der Waals surface area contributed by atoms with Crippen LogP contribution >= 0.6 is 34.8 Å². The molecule has 0 bridgehead atoms. The summed E-state index contributed by atoms with van der Waals surface area (Å²) in [6.07, 6.45) is 2.85. The quantitative estimate of drug-likeness (QED) is 0.778.